The summed E-state index contributed by atoms with van der Waals surface area (Å²) in [5.74, 6) is -0.882. The predicted molar refractivity (Wildman–Crippen MR) is 87.3 cm³/mol. The fraction of sp³-hybridized carbons (Fsp3) is 0.312. The summed E-state index contributed by atoms with van der Waals surface area (Å²) >= 11 is 0. The molecule has 8 nitrogen and oxygen atoms in total. The first-order chi connectivity index (χ1) is 11.7. The molecule has 2 N–H and O–H groups in total. The summed E-state index contributed by atoms with van der Waals surface area (Å²) in [7, 11) is 0. The number of hydrogen-bond acceptors (Lipinski definition) is 5. The first-order valence-electron chi connectivity index (χ1n) is 7.80. The van der Waals surface area contributed by atoms with Crippen molar-refractivity contribution in [1.29, 1.82) is 0 Å². The van der Waals surface area contributed by atoms with E-state index in [0.29, 0.717) is 18.2 Å². The number of hydrogen-bond donors (Lipinski definition) is 2. The molecule has 0 saturated carbocycles. The van der Waals surface area contributed by atoms with Gasteiger partial charge in [0.25, 0.3) is 0 Å². The number of tetrazole rings is 1. The van der Waals surface area contributed by atoms with Crippen LogP contribution in [0.1, 0.15) is 19.3 Å². The highest BCUT2D eigenvalue weighted by molar-refractivity contribution is 6.39. The van der Waals surface area contributed by atoms with Crippen molar-refractivity contribution in [2.45, 2.75) is 19.3 Å². The zero-order valence-electron chi connectivity index (χ0n) is 13.1. The number of nitrogens with one attached hydrogen (secondary N) is 2. The van der Waals surface area contributed by atoms with E-state index in [2.05, 4.69) is 38.3 Å². The predicted octanol–water partition coefficient (Wildman–Crippen LogP) is 1.07. The minimum atomic E-state index is -0.670. The fourth-order valence-electron chi connectivity index (χ4n) is 2.52. The maximum Gasteiger partial charge on any atom is 0.313 e. The Morgan fingerprint density at radius 2 is 2.00 bits per heavy atom. The lowest BCUT2D eigenvalue weighted by molar-refractivity contribution is -0.136. The third kappa shape index (κ3) is 4.03. The standard InChI is InChI=1S/C16H18N6O2/c23-15(17-10-12-4-2-1-3-5-12)16(24)19-13-6-8-14(9-7-13)22-11-18-20-21-22/h1-2,6-9,11-12H,3-5,10H2,(H,17,23)(H,19,24). The number of rotatable bonds is 4. The lowest BCUT2D eigenvalue weighted by atomic mass is 9.94. The van der Waals surface area contributed by atoms with Crippen LogP contribution < -0.4 is 10.6 Å². The molecular formula is C16H18N6O2. The third-order valence-corrected chi connectivity index (χ3v) is 3.87. The smallest absolute Gasteiger partial charge is 0.313 e. The van der Waals surface area contributed by atoms with Crippen molar-refractivity contribution in [3.63, 3.8) is 0 Å². The van der Waals surface area contributed by atoms with Crippen molar-refractivity contribution >= 4 is 17.5 Å². The first kappa shape index (κ1) is 15.9. The zero-order chi connectivity index (χ0) is 16.8. The molecule has 0 spiro atoms. The van der Waals surface area contributed by atoms with Crippen molar-refractivity contribution in [2.75, 3.05) is 11.9 Å². The summed E-state index contributed by atoms with van der Waals surface area (Å²) in [5.41, 5.74) is 1.29. The van der Waals surface area contributed by atoms with Gasteiger partial charge in [0, 0.05) is 12.2 Å². The number of aromatic nitrogens is 4. The fourth-order valence-corrected chi connectivity index (χ4v) is 2.52. The minimum Gasteiger partial charge on any atom is -0.348 e. The first-order valence-corrected chi connectivity index (χ1v) is 7.80. The molecule has 0 saturated heterocycles. The molecule has 0 bridgehead atoms. The van der Waals surface area contributed by atoms with Gasteiger partial charge in [0.05, 0.1) is 5.69 Å². The van der Waals surface area contributed by atoms with E-state index in [-0.39, 0.29) is 0 Å². The van der Waals surface area contributed by atoms with E-state index >= 15 is 0 Å². The largest absolute Gasteiger partial charge is 0.348 e. The Hall–Kier alpha value is -3.03. The van der Waals surface area contributed by atoms with Gasteiger partial charge < -0.3 is 10.6 Å². The SMILES string of the molecule is O=C(NCC1CC=CCC1)C(=O)Nc1ccc(-n2cnnn2)cc1. The summed E-state index contributed by atoms with van der Waals surface area (Å²) in [4.78, 5) is 23.8. The van der Waals surface area contributed by atoms with Crippen LogP contribution in [-0.4, -0.2) is 38.6 Å². The number of allylic oxidation sites excluding steroid dienone is 2. The molecule has 1 heterocycles. The average Bonchev–Trinajstić information content (AvgIpc) is 3.16. The van der Waals surface area contributed by atoms with Crippen LogP contribution in [0.25, 0.3) is 5.69 Å². The number of carbonyl (C=O) groups excluding carboxylic acids is 2. The van der Waals surface area contributed by atoms with E-state index in [4.69, 9.17) is 0 Å². The number of carbonyl (C=O) groups is 2. The Kier molecular flexibility index (Phi) is 4.95. The maximum atomic E-state index is 11.9. The van der Waals surface area contributed by atoms with E-state index < -0.39 is 11.8 Å². The van der Waals surface area contributed by atoms with Crippen LogP contribution in [0, 0.1) is 5.92 Å². The molecule has 2 amide bonds. The van der Waals surface area contributed by atoms with E-state index in [1.165, 1.54) is 11.0 Å². The molecule has 8 heteroatoms. The van der Waals surface area contributed by atoms with Crippen LogP contribution in [0.3, 0.4) is 0 Å². The van der Waals surface area contributed by atoms with Crippen LogP contribution in [0.4, 0.5) is 5.69 Å². The molecule has 124 valence electrons. The Bertz CT molecular complexity index is 724. The van der Waals surface area contributed by atoms with Crippen LogP contribution >= 0.6 is 0 Å². The molecular weight excluding hydrogens is 308 g/mol. The van der Waals surface area contributed by atoms with E-state index in [1.807, 2.05) is 0 Å². The second-order valence-electron chi connectivity index (χ2n) is 5.62. The summed E-state index contributed by atoms with van der Waals surface area (Å²) < 4.78 is 1.50. The van der Waals surface area contributed by atoms with Crippen molar-refractivity contribution < 1.29 is 9.59 Å². The molecule has 2 aromatic rings. The van der Waals surface area contributed by atoms with Gasteiger partial charge >= 0.3 is 11.8 Å². The summed E-state index contributed by atoms with van der Waals surface area (Å²) in [6.45, 7) is 0.523. The highest BCUT2D eigenvalue weighted by Crippen LogP contribution is 2.17. The highest BCUT2D eigenvalue weighted by atomic mass is 16.2. The molecule has 24 heavy (non-hydrogen) atoms. The summed E-state index contributed by atoms with van der Waals surface area (Å²) in [6.07, 6.45) is 8.75. The molecule has 0 fully saturated rings. The van der Waals surface area contributed by atoms with Crippen molar-refractivity contribution in [3.05, 3.63) is 42.7 Å². The molecule has 1 aliphatic carbocycles. The van der Waals surface area contributed by atoms with Gasteiger partial charge in [-0.25, -0.2) is 4.68 Å². The Morgan fingerprint density at radius 3 is 2.67 bits per heavy atom. The van der Waals surface area contributed by atoms with Crippen molar-refractivity contribution in [1.82, 2.24) is 25.5 Å². The second-order valence-corrected chi connectivity index (χ2v) is 5.62. The molecule has 1 unspecified atom stereocenters. The number of benzene rings is 1. The van der Waals surface area contributed by atoms with Gasteiger partial charge in [0.15, 0.2) is 0 Å². The molecule has 1 atom stereocenters. The van der Waals surface area contributed by atoms with Crippen LogP contribution in [0.15, 0.2) is 42.7 Å². The van der Waals surface area contributed by atoms with Gasteiger partial charge in [-0.3, -0.25) is 9.59 Å². The van der Waals surface area contributed by atoms with E-state index in [1.54, 1.807) is 24.3 Å². The Labute approximate surface area is 138 Å². The molecule has 0 radical (unpaired) electrons. The van der Waals surface area contributed by atoms with E-state index in [9.17, 15) is 9.59 Å². The molecule has 3 rings (SSSR count). The van der Waals surface area contributed by atoms with Crippen LogP contribution in [-0.2, 0) is 9.59 Å². The Morgan fingerprint density at radius 1 is 1.17 bits per heavy atom. The summed E-state index contributed by atoms with van der Waals surface area (Å²) in [6, 6.07) is 6.87. The maximum absolute atomic E-state index is 11.9. The van der Waals surface area contributed by atoms with Gasteiger partial charge in [-0.15, -0.1) is 5.10 Å². The van der Waals surface area contributed by atoms with Gasteiger partial charge in [-0.1, -0.05) is 12.2 Å². The highest BCUT2D eigenvalue weighted by Gasteiger charge is 2.16. The van der Waals surface area contributed by atoms with Crippen LogP contribution in [0.5, 0.6) is 0 Å². The second kappa shape index (κ2) is 7.49. The number of anilines is 1. The number of amides is 2. The average molecular weight is 326 g/mol. The molecule has 0 aliphatic heterocycles. The topological polar surface area (TPSA) is 102 Å². The van der Waals surface area contributed by atoms with E-state index in [0.717, 1.165) is 24.9 Å². The monoisotopic (exact) mass is 326 g/mol. The normalized spacial score (nSPS) is 16.6. The van der Waals surface area contributed by atoms with Gasteiger partial charge in [-0.2, -0.15) is 0 Å². The number of nitrogens with zero attached hydrogens (tertiary/aromatic N) is 4. The van der Waals surface area contributed by atoms with Gasteiger partial charge in [0.2, 0.25) is 0 Å². The molecule has 1 aromatic carbocycles. The van der Waals surface area contributed by atoms with Crippen LogP contribution in [0.2, 0.25) is 0 Å². The van der Waals surface area contributed by atoms with Gasteiger partial charge in [0.1, 0.15) is 6.33 Å². The molecule has 1 aromatic heterocycles. The third-order valence-electron chi connectivity index (χ3n) is 3.87. The summed E-state index contributed by atoms with van der Waals surface area (Å²) in [5, 5.41) is 16.2. The van der Waals surface area contributed by atoms with Crippen molar-refractivity contribution in [2.24, 2.45) is 5.92 Å². The zero-order valence-corrected chi connectivity index (χ0v) is 13.1. The quantitative estimate of drug-likeness (QED) is 0.646. The minimum absolute atomic E-state index is 0.405. The lowest BCUT2D eigenvalue weighted by Gasteiger charge is -2.17. The lowest BCUT2D eigenvalue weighted by Crippen LogP contribution is -2.38. The van der Waals surface area contributed by atoms with Gasteiger partial charge in [-0.05, 0) is 59.9 Å². The molecule has 1 aliphatic rings. The van der Waals surface area contributed by atoms with Crippen molar-refractivity contribution in [3.8, 4) is 5.69 Å². The Balaban J connectivity index is 1.50.